The fourth-order valence-corrected chi connectivity index (χ4v) is 1.79. The first kappa shape index (κ1) is 13.2. The topological polar surface area (TPSA) is 55.0 Å². The molecule has 0 aliphatic heterocycles. The molecule has 92 valence electrons. The van der Waals surface area contributed by atoms with Gasteiger partial charge in [0.2, 0.25) is 5.13 Å². The second kappa shape index (κ2) is 4.96. The summed E-state index contributed by atoms with van der Waals surface area (Å²) in [4.78, 5) is 1.28. The number of rotatable bonds is 4. The normalized spacial score (nSPS) is 12.7. The summed E-state index contributed by atoms with van der Waals surface area (Å²) in [6.07, 6.45) is -4.21. The predicted molar refractivity (Wildman–Crippen MR) is 55.9 cm³/mol. The van der Waals surface area contributed by atoms with E-state index in [1.807, 2.05) is 0 Å². The van der Waals surface area contributed by atoms with Crippen molar-refractivity contribution >= 4 is 16.5 Å². The smallest absolute Gasteiger partial charge is 0.374 e. The maximum Gasteiger partial charge on any atom is 0.401 e. The van der Waals surface area contributed by atoms with Gasteiger partial charge in [-0.15, -0.1) is 10.2 Å². The van der Waals surface area contributed by atoms with Crippen LogP contribution in [0.15, 0.2) is 0 Å². The van der Waals surface area contributed by atoms with E-state index in [4.69, 9.17) is 5.73 Å². The minimum Gasteiger partial charge on any atom is -0.374 e. The second-order valence-electron chi connectivity index (χ2n) is 3.65. The monoisotopic (exact) mass is 254 g/mol. The average molecular weight is 254 g/mol. The van der Waals surface area contributed by atoms with Crippen LogP contribution in [0, 0.1) is 0 Å². The van der Waals surface area contributed by atoms with Gasteiger partial charge in [0, 0.05) is 6.04 Å². The molecule has 0 atom stereocenters. The highest BCUT2D eigenvalue weighted by atomic mass is 32.1. The van der Waals surface area contributed by atoms with Crippen molar-refractivity contribution in [2.24, 2.45) is 0 Å². The minimum absolute atomic E-state index is 0.117. The van der Waals surface area contributed by atoms with Crippen molar-refractivity contribution in [3.63, 3.8) is 0 Å². The molecule has 0 aliphatic carbocycles. The maximum absolute atomic E-state index is 12.3. The largest absolute Gasteiger partial charge is 0.401 e. The van der Waals surface area contributed by atoms with Gasteiger partial charge < -0.3 is 5.73 Å². The van der Waals surface area contributed by atoms with Crippen LogP contribution in [0.3, 0.4) is 0 Å². The highest BCUT2D eigenvalue weighted by Gasteiger charge is 2.32. The number of aromatic nitrogens is 2. The Labute approximate surface area is 95.3 Å². The zero-order valence-electron chi connectivity index (χ0n) is 8.95. The van der Waals surface area contributed by atoms with Gasteiger partial charge in [-0.2, -0.15) is 13.2 Å². The lowest BCUT2D eigenvalue weighted by atomic mass is 10.3. The maximum atomic E-state index is 12.3. The van der Waals surface area contributed by atoms with Crippen LogP contribution in [0.5, 0.6) is 0 Å². The van der Waals surface area contributed by atoms with Crippen molar-refractivity contribution in [2.75, 3.05) is 12.3 Å². The van der Waals surface area contributed by atoms with E-state index in [0.717, 1.165) is 11.3 Å². The van der Waals surface area contributed by atoms with Crippen LogP contribution < -0.4 is 5.73 Å². The quantitative estimate of drug-likeness (QED) is 0.891. The van der Waals surface area contributed by atoms with E-state index in [1.54, 1.807) is 13.8 Å². The molecule has 0 radical (unpaired) electrons. The number of halogens is 3. The van der Waals surface area contributed by atoms with Crippen molar-refractivity contribution < 1.29 is 13.2 Å². The van der Waals surface area contributed by atoms with Crippen LogP contribution in [0.25, 0.3) is 0 Å². The Morgan fingerprint density at radius 1 is 1.38 bits per heavy atom. The van der Waals surface area contributed by atoms with Gasteiger partial charge in [0.05, 0.1) is 13.1 Å². The van der Waals surface area contributed by atoms with Crippen LogP contribution in [-0.2, 0) is 6.54 Å². The van der Waals surface area contributed by atoms with Crippen molar-refractivity contribution in [3.05, 3.63) is 5.01 Å². The van der Waals surface area contributed by atoms with Gasteiger partial charge >= 0.3 is 6.18 Å². The number of nitrogen functional groups attached to an aromatic ring is 1. The molecule has 1 rings (SSSR count). The zero-order chi connectivity index (χ0) is 12.3. The van der Waals surface area contributed by atoms with E-state index in [0.29, 0.717) is 5.01 Å². The lowest BCUT2D eigenvalue weighted by molar-refractivity contribution is -0.150. The Morgan fingerprint density at radius 3 is 2.38 bits per heavy atom. The predicted octanol–water partition coefficient (Wildman–Crippen LogP) is 1.89. The molecular formula is C8H13F3N4S. The molecule has 1 aromatic heterocycles. The number of hydrogen-bond donors (Lipinski definition) is 1. The summed E-state index contributed by atoms with van der Waals surface area (Å²) in [5, 5.41) is 8.03. The molecule has 4 nitrogen and oxygen atoms in total. The van der Waals surface area contributed by atoms with E-state index < -0.39 is 12.7 Å². The fraction of sp³-hybridized carbons (Fsp3) is 0.750. The number of anilines is 1. The van der Waals surface area contributed by atoms with Gasteiger partial charge in [-0.1, -0.05) is 11.3 Å². The molecule has 0 spiro atoms. The van der Waals surface area contributed by atoms with E-state index in [9.17, 15) is 13.2 Å². The van der Waals surface area contributed by atoms with Crippen molar-refractivity contribution in [3.8, 4) is 0 Å². The van der Waals surface area contributed by atoms with Crippen molar-refractivity contribution in [2.45, 2.75) is 32.6 Å². The third-order valence-electron chi connectivity index (χ3n) is 1.93. The molecule has 0 saturated heterocycles. The van der Waals surface area contributed by atoms with E-state index in [2.05, 4.69) is 10.2 Å². The Morgan fingerprint density at radius 2 is 2.00 bits per heavy atom. The zero-order valence-corrected chi connectivity index (χ0v) is 9.77. The molecule has 0 amide bonds. The Hall–Kier alpha value is -0.890. The summed E-state index contributed by atoms with van der Waals surface area (Å²) in [6.45, 7) is 2.57. The highest BCUT2D eigenvalue weighted by molar-refractivity contribution is 7.15. The Balaban J connectivity index is 2.65. The highest BCUT2D eigenvalue weighted by Crippen LogP contribution is 2.21. The number of nitrogens with zero attached hydrogens (tertiary/aromatic N) is 3. The number of alkyl halides is 3. The summed E-state index contributed by atoms with van der Waals surface area (Å²) in [5.41, 5.74) is 5.36. The Bertz CT molecular complexity index is 336. The third kappa shape index (κ3) is 4.31. The first-order chi connectivity index (χ1) is 7.28. The van der Waals surface area contributed by atoms with Crippen molar-refractivity contribution in [1.82, 2.24) is 15.1 Å². The molecule has 1 heterocycles. The van der Waals surface area contributed by atoms with Crippen LogP contribution in [-0.4, -0.2) is 33.9 Å². The molecule has 1 aromatic rings. The molecule has 0 saturated carbocycles. The van der Waals surface area contributed by atoms with Gasteiger partial charge in [0.25, 0.3) is 0 Å². The minimum atomic E-state index is -4.21. The molecular weight excluding hydrogens is 241 g/mol. The van der Waals surface area contributed by atoms with Crippen LogP contribution in [0.4, 0.5) is 18.3 Å². The van der Waals surface area contributed by atoms with E-state index >= 15 is 0 Å². The average Bonchev–Trinajstić information content (AvgIpc) is 2.47. The fourth-order valence-electron chi connectivity index (χ4n) is 1.16. The summed E-state index contributed by atoms with van der Waals surface area (Å²) >= 11 is 1.11. The van der Waals surface area contributed by atoms with Crippen LogP contribution in [0.1, 0.15) is 18.9 Å². The van der Waals surface area contributed by atoms with E-state index in [-0.39, 0.29) is 17.7 Å². The first-order valence-electron chi connectivity index (χ1n) is 4.66. The Kier molecular flexibility index (Phi) is 4.09. The van der Waals surface area contributed by atoms with Gasteiger partial charge in [0.15, 0.2) is 0 Å². The summed E-state index contributed by atoms with van der Waals surface area (Å²) < 4.78 is 36.8. The third-order valence-corrected chi connectivity index (χ3v) is 2.67. The SMILES string of the molecule is CC(C)N(Cc1nnc(N)s1)CC(F)(F)F. The molecule has 16 heavy (non-hydrogen) atoms. The molecule has 8 heteroatoms. The van der Waals surface area contributed by atoms with Gasteiger partial charge in [-0.25, -0.2) is 0 Å². The van der Waals surface area contributed by atoms with Crippen LogP contribution in [0.2, 0.25) is 0 Å². The molecule has 0 bridgehead atoms. The van der Waals surface area contributed by atoms with Gasteiger partial charge in [0.1, 0.15) is 5.01 Å². The standard InChI is InChI=1S/C8H13F3N4S/c1-5(2)15(4-8(9,10)11)3-6-13-14-7(12)16-6/h5H,3-4H2,1-2H3,(H2,12,14). The van der Waals surface area contributed by atoms with Crippen molar-refractivity contribution in [1.29, 1.82) is 0 Å². The lowest BCUT2D eigenvalue weighted by Gasteiger charge is -2.26. The molecule has 0 aromatic carbocycles. The summed E-state index contributed by atoms with van der Waals surface area (Å²) in [7, 11) is 0. The number of nitrogens with two attached hydrogens (primary N) is 1. The summed E-state index contributed by atoms with van der Waals surface area (Å²) in [6, 6.07) is -0.216. The van der Waals surface area contributed by atoms with Crippen LogP contribution >= 0.6 is 11.3 Å². The van der Waals surface area contributed by atoms with Gasteiger partial charge in [-0.05, 0) is 13.8 Å². The first-order valence-corrected chi connectivity index (χ1v) is 5.48. The van der Waals surface area contributed by atoms with Gasteiger partial charge in [-0.3, -0.25) is 4.90 Å². The summed E-state index contributed by atoms with van der Waals surface area (Å²) in [5.74, 6) is 0. The lowest BCUT2D eigenvalue weighted by Crippen LogP contribution is -2.38. The molecule has 2 N–H and O–H groups in total. The number of hydrogen-bond acceptors (Lipinski definition) is 5. The van der Waals surface area contributed by atoms with E-state index in [1.165, 1.54) is 4.90 Å². The molecule has 0 aliphatic rings. The molecule has 0 unspecified atom stereocenters. The molecule has 0 fully saturated rings. The second-order valence-corrected chi connectivity index (χ2v) is 4.74.